The Morgan fingerprint density at radius 3 is 2.27 bits per heavy atom. The first-order chi connectivity index (χ1) is 14.3. The fraction of sp³-hybridized carbons (Fsp3) is 0.417. The maximum Gasteiger partial charge on any atom is 0.261 e. The van der Waals surface area contributed by atoms with Gasteiger partial charge in [-0.15, -0.1) is 0 Å². The second kappa shape index (κ2) is 11.6. The van der Waals surface area contributed by atoms with Crippen LogP contribution in [0.4, 0.5) is 0 Å². The minimum Gasteiger partial charge on any atom is -0.484 e. The number of halogens is 1. The van der Waals surface area contributed by atoms with Crippen LogP contribution in [0.1, 0.15) is 38.3 Å². The summed E-state index contributed by atoms with van der Waals surface area (Å²) < 4.78 is 5.69. The smallest absolute Gasteiger partial charge is 0.261 e. The number of carbonyl (C=O) groups is 2. The Balaban J connectivity index is 2.17. The second-order valence-electron chi connectivity index (χ2n) is 7.81. The van der Waals surface area contributed by atoms with Crippen LogP contribution in [-0.4, -0.2) is 35.9 Å². The van der Waals surface area contributed by atoms with Crippen LogP contribution in [0.5, 0.6) is 5.75 Å². The SMILES string of the molecule is CCC(C(=O)NCC(C)C)N(Cc1ccc(Cl)cc1)C(=O)COc1ccc(C)cc1. The van der Waals surface area contributed by atoms with E-state index in [1.54, 1.807) is 17.0 Å². The minimum atomic E-state index is -0.575. The van der Waals surface area contributed by atoms with Crippen molar-refractivity contribution in [1.82, 2.24) is 10.2 Å². The molecule has 162 valence electrons. The van der Waals surface area contributed by atoms with E-state index in [9.17, 15) is 9.59 Å². The Bertz CT molecular complexity index is 819. The Morgan fingerprint density at radius 1 is 1.07 bits per heavy atom. The van der Waals surface area contributed by atoms with Crippen LogP contribution in [0.2, 0.25) is 5.02 Å². The lowest BCUT2D eigenvalue weighted by molar-refractivity contribution is -0.143. The van der Waals surface area contributed by atoms with Gasteiger partial charge in [-0.1, -0.05) is 62.2 Å². The van der Waals surface area contributed by atoms with Crippen molar-refractivity contribution >= 4 is 23.4 Å². The lowest BCUT2D eigenvalue weighted by Gasteiger charge is -2.30. The molecule has 0 aliphatic heterocycles. The predicted octanol–water partition coefficient (Wildman–Crippen LogP) is 4.61. The molecule has 0 radical (unpaired) electrons. The van der Waals surface area contributed by atoms with Crippen LogP contribution in [0.3, 0.4) is 0 Å². The molecule has 30 heavy (non-hydrogen) atoms. The number of amides is 2. The number of nitrogens with zero attached hydrogens (tertiary/aromatic N) is 1. The third-order valence-electron chi connectivity index (χ3n) is 4.72. The van der Waals surface area contributed by atoms with E-state index in [0.717, 1.165) is 11.1 Å². The van der Waals surface area contributed by atoms with E-state index in [-0.39, 0.29) is 18.4 Å². The first kappa shape index (κ1) is 23.7. The summed E-state index contributed by atoms with van der Waals surface area (Å²) in [4.78, 5) is 27.5. The van der Waals surface area contributed by atoms with Crippen molar-refractivity contribution in [2.24, 2.45) is 5.92 Å². The molecule has 0 aliphatic rings. The van der Waals surface area contributed by atoms with Gasteiger partial charge in [0.25, 0.3) is 5.91 Å². The van der Waals surface area contributed by atoms with Crippen molar-refractivity contribution in [3.05, 3.63) is 64.7 Å². The van der Waals surface area contributed by atoms with Crippen molar-refractivity contribution in [3.63, 3.8) is 0 Å². The molecule has 1 unspecified atom stereocenters. The first-order valence-electron chi connectivity index (χ1n) is 10.3. The van der Waals surface area contributed by atoms with Crippen LogP contribution in [-0.2, 0) is 16.1 Å². The number of ether oxygens (including phenoxy) is 1. The zero-order valence-corrected chi connectivity index (χ0v) is 18.9. The zero-order chi connectivity index (χ0) is 22.1. The summed E-state index contributed by atoms with van der Waals surface area (Å²) in [6, 6.07) is 14.2. The molecule has 6 heteroatoms. The molecule has 0 aliphatic carbocycles. The molecule has 0 saturated carbocycles. The van der Waals surface area contributed by atoms with Crippen LogP contribution < -0.4 is 10.1 Å². The molecule has 0 saturated heterocycles. The Hall–Kier alpha value is -2.53. The lowest BCUT2D eigenvalue weighted by atomic mass is 10.1. The molecule has 2 aromatic rings. The van der Waals surface area contributed by atoms with Gasteiger partial charge in [-0.3, -0.25) is 9.59 Å². The van der Waals surface area contributed by atoms with Gasteiger partial charge >= 0.3 is 0 Å². The molecule has 0 bridgehead atoms. The summed E-state index contributed by atoms with van der Waals surface area (Å²) in [5.41, 5.74) is 2.02. The summed E-state index contributed by atoms with van der Waals surface area (Å²) in [7, 11) is 0. The second-order valence-corrected chi connectivity index (χ2v) is 8.25. The minimum absolute atomic E-state index is 0.134. The number of hydrogen-bond donors (Lipinski definition) is 1. The summed E-state index contributed by atoms with van der Waals surface area (Å²) in [5, 5.41) is 3.57. The molecule has 2 aromatic carbocycles. The van der Waals surface area contributed by atoms with Gasteiger partial charge in [-0.25, -0.2) is 0 Å². The van der Waals surface area contributed by atoms with Gasteiger partial charge in [0, 0.05) is 18.1 Å². The predicted molar refractivity (Wildman–Crippen MR) is 121 cm³/mol. The van der Waals surface area contributed by atoms with E-state index in [4.69, 9.17) is 16.3 Å². The molecule has 5 nitrogen and oxygen atoms in total. The third kappa shape index (κ3) is 7.38. The van der Waals surface area contributed by atoms with Gasteiger partial charge < -0.3 is 15.0 Å². The van der Waals surface area contributed by atoms with Gasteiger partial charge in [0.1, 0.15) is 11.8 Å². The number of benzene rings is 2. The molecule has 0 fully saturated rings. The van der Waals surface area contributed by atoms with E-state index >= 15 is 0 Å². The lowest BCUT2D eigenvalue weighted by Crippen LogP contribution is -2.50. The number of carbonyl (C=O) groups excluding carboxylic acids is 2. The highest BCUT2D eigenvalue weighted by atomic mass is 35.5. The summed E-state index contributed by atoms with van der Waals surface area (Å²) >= 11 is 5.99. The fourth-order valence-corrected chi connectivity index (χ4v) is 3.12. The number of hydrogen-bond acceptors (Lipinski definition) is 3. The van der Waals surface area contributed by atoms with Gasteiger partial charge in [0.15, 0.2) is 6.61 Å². The highest BCUT2D eigenvalue weighted by Crippen LogP contribution is 2.17. The van der Waals surface area contributed by atoms with Crippen molar-refractivity contribution in [2.75, 3.05) is 13.2 Å². The average molecular weight is 431 g/mol. The molecule has 0 spiro atoms. The zero-order valence-electron chi connectivity index (χ0n) is 18.2. The van der Waals surface area contributed by atoms with Crippen molar-refractivity contribution in [3.8, 4) is 5.75 Å². The van der Waals surface area contributed by atoms with Gasteiger partial charge in [-0.05, 0) is 49.1 Å². The van der Waals surface area contributed by atoms with Crippen LogP contribution >= 0.6 is 11.6 Å². The van der Waals surface area contributed by atoms with E-state index < -0.39 is 6.04 Å². The maximum atomic E-state index is 13.1. The molecule has 1 N–H and O–H groups in total. The summed E-state index contributed by atoms with van der Waals surface area (Å²) in [6.07, 6.45) is 0.508. The monoisotopic (exact) mass is 430 g/mol. The van der Waals surface area contributed by atoms with E-state index in [1.807, 2.05) is 64.1 Å². The molecular formula is C24H31ClN2O3. The third-order valence-corrected chi connectivity index (χ3v) is 4.97. The van der Waals surface area contributed by atoms with Crippen LogP contribution in [0, 0.1) is 12.8 Å². The summed E-state index contributed by atoms with van der Waals surface area (Å²) in [5.74, 6) is 0.565. The molecular weight excluding hydrogens is 400 g/mol. The highest BCUT2D eigenvalue weighted by Gasteiger charge is 2.29. The van der Waals surface area contributed by atoms with Gasteiger partial charge in [0.2, 0.25) is 5.91 Å². The molecule has 0 aromatic heterocycles. The van der Waals surface area contributed by atoms with Gasteiger partial charge in [0.05, 0.1) is 0 Å². The molecule has 2 amide bonds. The summed E-state index contributed by atoms with van der Waals surface area (Å²) in [6.45, 7) is 8.71. The molecule has 2 rings (SSSR count). The first-order valence-corrected chi connectivity index (χ1v) is 10.7. The van der Waals surface area contributed by atoms with Crippen LogP contribution in [0.25, 0.3) is 0 Å². The van der Waals surface area contributed by atoms with Crippen molar-refractivity contribution in [1.29, 1.82) is 0 Å². The Labute approximate surface area is 184 Å². The topological polar surface area (TPSA) is 58.6 Å². The van der Waals surface area contributed by atoms with E-state index in [2.05, 4.69) is 5.32 Å². The maximum absolute atomic E-state index is 13.1. The average Bonchev–Trinajstić information content (AvgIpc) is 2.72. The van der Waals surface area contributed by atoms with E-state index in [1.165, 1.54) is 0 Å². The van der Waals surface area contributed by atoms with Crippen molar-refractivity contribution in [2.45, 2.75) is 46.7 Å². The Morgan fingerprint density at radius 2 is 1.70 bits per heavy atom. The highest BCUT2D eigenvalue weighted by molar-refractivity contribution is 6.30. The quantitative estimate of drug-likeness (QED) is 0.598. The number of aryl methyl sites for hydroxylation is 1. The van der Waals surface area contributed by atoms with Crippen molar-refractivity contribution < 1.29 is 14.3 Å². The number of nitrogens with one attached hydrogen (secondary N) is 1. The van der Waals surface area contributed by atoms with E-state index in [0.29, 0.717) is 36.2 Å². The van der Waals surface area contributed by atoms with Gasteiger partial charge in [-0.2, -0.15) is 0 Å². The molecule has 1 atom stereocenters. The normalized spacial score (nSPS) is 11.8. The largest absolute Gasteiger partial charge is 0.484 e. The number of rotatable bonds is 10. The van der Waals surface area contributed by atoms with Crippen LogP contribution in [0.15, 0.2) is 48.5 Å². The fourth-order valence-electron chi connectivity index (χ4n) is 2.99. The standard InChI is InChI=1S/C24H31ClN2O3/c1-5-22(24(29)26-14-17(2)3)27(15-19-8-10-20(25)11-9-19)23(28)16-30-21-12-6-18(4)7-13-21/h6-13,17,22H,5,14-16H2,1-4H3,(H,26,29). The Kier molecular flexibility index (Phi) is 9.18. The molecule has 0 heterocycles.